The Bertz CT molecular complexity index is 661. The van der Waals surface area contributed by atoms with E-state index in [2.05, 4.69) is 0 Å². The zero-order chi connectivity index (χ0) is 18.1. The first kappa shape index (κ1) is 19.6. The van der Waals surface area contributed by atoms with Crippen molar-refractivity contribution < 1.29 is 19.0 Å². The summed E-state index contributed by atoms with van der Waals surface area (Å²) in [6.07, 6.45) is 0. The lowest BCUT2D eigenvalue weighted by Gasteiger charge is -2.12. The summed E-state index contributed by atoms with van der Waals surface area (Å²) in [6.45, 7) is 2.66. The van der Waals surface area contributed by atoms with Crippen molar-refractivity contribution in [2.75, 3.05) is 13.2 Å². The van der Waals surface area contributed by atoms with E-state index in [4.69, 9.17) is 37.4 Å². The van der Waals surface area contributed by atoms with E-state index in [-0.39, 0.29) is 12.2 Å². The molecule has 134 valence electrons. The number of carbonyl (C=O) groups excluding carboxylic acids is 1. The fourth-order valence-corrected chi connectivity index (χ4v) is 2.38. The molecule has 2 rings (SSSR count). The van der Waals surface area contributed by atoms with Gasteiger partial charge in [0, 0.05) is 0 Å². The van der Waals surface area contributed by atoms with Crippen LogP contribution in [0.1, 0.15) is 23.4 Å². The van der Waals surface area contributed by atoms with Gasteiger partial charge in [0.1, 0.15) is 24.5 Å². The third-order valence-corrected chi connectivity index (χ3v) is 3.83. The standard InChI is InChI=1S/C19H20Cl2O4/c1-14(20)23-10-11-24-17-9-5-6-15(12-17)13-25-19(22)18(21)16-7-3-2-4-8-16/h2-9,12,14,18H,10-11,13H2,1H3. The van der Waals surface area contributed by atoms with Gasteiger partial charge in [-0.2, -0.15) is 0 Å². The monoisotopic (exact) mass is 382 g/mol. The van der Waals surface area contributed by atoms with Gasteiger partial charge in [-0.3, -0.25) is 4.79 Å². The van der Waals surface area contributed by atoms with E-state index in [9.17, 15) is 4.79 Å². The van der Waals surface area contributed by atoms with Crippen LogP contribution >= 0.6 is 23.2 Å². The van der Waals surface area contributed by atoms with Crippen LogP contribution in [0.4, 0.5) is 0 Å². The van der Waals surface area contributed by atoms with Crippen LogP contribution in [0.5, 0.6) is 5.75 Å². The predicted molar refractivity (Wildman–Crippen MR) is 98.0 cm³/mol. The smallest absolute Gasteiger partial charge is 0.328 e. The van der Waals surface area contributed by atoms with E-state index in [0.717, 1.165) is 5.56 Å². The van der Waals surface area contributed by atoms with Crippen LogP contribution < -0.4 is 4.74 Å². The lowest BCUT2D eigenvalue weighted by Crippen LogP contribution is -2.11. The van der Waals surface area contributed by atoms with Gasteiger partial charge in [-0.1, -0.05) is 54.1 Å². The van der Waals surface area contributed by atoms with Crippen molar-refractivity contribution >= 4 is 29.2 Å². The molecule has 25 heavy (non-hydrogen) atoms. The number of alkyl halides is 2. The maximum atomic E-state index is 12.1. The molecule has 0 amide bonds. The molecule has 2 aromatic carbocycles. The van der Waals surface area contributed by atoms with Gasteiger partial charge in [0.05, 0.1) is 6.61 Å². The second kappa shape index (κ2) is 10.3. The largest absolute Gasteiger partial charge is 0.491 e. The summed E-state index contributed by atoms with van der Waals surface area (Å²) >= 11 is 11.8. The molecule has 0 fully saturated rings. The van der Waals surface area contributed by atoms with Gasteiger partial charge in [-0.05, 0) is 30.2 Å². The van der Waals surface area contributed by atoms with Crippen LogP contribution in [0.15, 0.2) is 54.6 Å². The van der Waals surface area contributed by atoms with Crippen molar-refractivity contribution in [3.05, 3.63) is 65.7 Å². The molecule has 0 saturated heterocycles. The number of ether oxygens (including phenoxy) is 3. The summed E-state index contributed by atoms with van der Waals surface area (Å²) < 4.78 is 16.1. The summed E-state index contributed by atoms with van der Waals surface area (Å²) in [5.41, 5.74) is 1.18. The maximum absolute atomic E-state index is 12.1. The molecule has 0 bridgehead atoms. The van der Waals surface area contributed by atoms with Crippen molar-refractivity contribution in [3.8, 4) is 5.75 Å². The van der Waals surface area contributed by atoms with Crippen molar-refractivity contribution in [3.63, 3.8) is 0 Å². The van der Waals surface area contributed by atoms with Crippen molar-refractivity contribution in [1.82, 2.24) is 0 Å². The molecular formula is C19H20Cl2O4. The number of hydrogen-bond donors (Lipinski definition) is 0. The van der Waals surface area contributed by atoms with Crippen LogP contribution in [0.2, 0.25) is 0 Å². The highest BCUT2D eigenvalue weighted by Crippen LogP contribution is 2.22. The lowest BCUT2D eigenvalue weighted by molar-refractivity contribution is -0.144. The second-order valence-corrected chi connectivity index (χ2v) is 6.34. The summed E-state index contributed by atoms with van der Waals surface area (Å²) in [6, 6.07) is 16.4. The maximum Gasteiger partial charge on any atom is 0.328 e. The van der Waals surface area contributed by atoms with E-state index in [1.807, 2.05) is 42.5 Å². The average molecular weight is 383 g/mol. The fourth-order valence-electron chi connectivity index (χ4n) is 2.08. The minimum Gasteiger partial charge on any atom is -0.491 e. The summed E-state index contributed by atoms with van der Waals surface area (Å²) in [5, 5.41) is -0.824. The molecule has 2 aromatic rings. The van der Waals surface area contributed by atoms with Gasteiger partial charge in [0.25, 0.3) is 0 Å². The Kier molecular flexibility index (Phi) is 8.06. The molecule has 0 aliphatic heterocycles. The SMILES string of the molecule is CC(Cl)OCCOc1cccc(COC(=O)C(Cl)c2ccccc2)c1. The Morgan fingerprint density at radius 3 is 2.52 bits per heavy atom. The summed E-state index contributed by atoms with van der Waals surface area (Å²) in [5.74, 6) is 0.188. The fraction of sp³-hybridized carbons (Fsp3) is 0.316. The number of carbonyl (C=O) groups is 1. The zero-order valence-corrected chi connectivity index (χ0v) is 15.4. The van der Waals surface area contributed by atoms with Crippen LogP contribution in [0, 0.1) is 0 Å². The number of esters is 1. The van der Waals surface area contributed by atoms with Crippen LogP contribution in [-0.2, 0) is 20.9 Å². The molecule has 0 spiro atoms. The highest BCUT2D eigenvalue weighted by molar-refractivity contribution is 6.29. The Hall–Kier alpha value is -1.75. The summed E-state index contributed by atoms with van der Waals surface area (Å²) in [7, 11) is 0. The second-order valence-electron chi connectivity index (χ2n) is 5.29. The predicted octanol–water partition coefficient (Wildman–Crippen LogP) is 4.69. The quantitative estimate of drug-likeness (QED) is 0.358. The molecule has 0 N–H and O–H groups in total. The highest BCUT2D eigenvalue weighted by atomic mass is 35.5. The first-order chi connectivity index (χ1) is 12.1. The van der Waals surface area contributed by atoms with Gasteiger partial charge in [0.15, 0.2) is 5.38 Å². The van der Waals surface area contributed by atoms with E-state index in [1.54, 1.807) is 19.1 Å². The lowest BCUT2D eigenvalue weighted by atomic mass is 10.1. The first-order valence-corrected chi connectivity index (χ1v) is 8.76. The van der Waals surface area contributed by atoms with Crippen molar-refractivity contribution in [2.24, 2.45) is 0 Å². The van der Waals surface area contributed by atoms with Crippen LogP contribution in [-0.4, -0.2) is 24.7 Å². The molecule has 4 nitrogen and oxygen atoms in total. The minimum atomic E-state index is -0.824. The molecule has 0 radical (unpaired) electrons. The Balaban J connectivity index is 1.82. The van der Waals surface area contributed by atoms with E-state index in [0.29, 0.717) is 24.5 Å². The van der Waals surface area contributed by atoms with Gasteiger partial charge in [0.2, 0.25) is 0 Å². The van der Waals surface area contributed by atoms with Gasteiger partial charge >= 0.3 is 5.97 Å². The highest BCUT2D eigenvalue weighted by Gasteiger charge is 2.18. The molecule has 0 aliphatic rings. The Morgan fingerprint density at radius 1 is 1.04 bits per heavy atom. The molecule has 6 heteroatoms. The number of benzene rings is 2. The minimum absolute atomic E-state index is 0.126. The Labute approximate surface area is 157 Å². The first-order valence-electron chi connectivity index (χ1n) is 7.89. The van der Waals surface area contributed by atoms with Crippen molar-refractivity contribution in [1.29, 1.82) is 0 Å². The molecule has 2 atom stereocenters. The molecule has 2 unspecified atom stereocenters. The van der Waals surface area contributed by atoms with Crippen molar-refractivity contribution in [2.45, 2.75) is 24.5 Å². The Morgan fingerprint density at radius 2 is 1.80 bits per heavy atom. The normalized spacial score (nSPS) is 13.1. The van der Waals surface area contributed by atoms with Crippen LogP contribution in [0.3, 0.4) is 0 Å². The molecule has 0 heterocycles. The zero-order valence-electron chi connectivity index (χ0n) is 13.9. The van der Waals surface area contributed by atoms with Gasteiger partial charge < -0.3 is 14.2 Å². The summed E-state index contributed by atoms with van der Waals surface area (Å²) in [4.78, 5) is 12.1. The van der Waals surface area contributed by atoms with E-state index < -0.39 is 11.3 Å². The molecule has 0 aromatic heterocycles. The van der Waals surface area contributed by atoms with E-state index >= 15 is 0 Å². The van der Waals surface area contributed by atoms with Gasteiger partial charge in [-0.25, -0.2) is 0 Å². The third kappa shape index (κ3) is 6.94. The third-order valence-electron chi connectivity index (χ3n) is 3.28. The van der Waals surface area contributed by atoms with E-state index in [1.165, 1.54) is 0 Å². The van der Waals surface area contributed by atoms with Gasteiger partial charge in [-0.15, -0.1) is 11.6 Å². The topological polar surface area (TPSA) is 44.8 Å². The number of rotatable bonds is 9. The number of hydrogen-bond acceptors (Lipinski definition) is 4. The van der Waals surface area contributed by atoms with Crippen LogP contribution in [0.25, 0.3) is 0 Å². The number of halogens is 2. The molecular weight excluding hydrogens is 363 g/mol. The molecule has 0 saturated carbocycles. The average Bonchev–Trinajstić information content (AvgIpc) is 2.63. The molecule has 0 aliphatic carbocycles.